The van der Waals surface area contributed by atoms with Crippen molar-refractivity contribution in [2.75, 3.05) is 20.2 Å². The number of methoxy groups -OCH3 is 1. The number of hydrogen-bond donors (Lipinski definition) is 0. The molecule has 0 spiro atoms. The molecule has 0 aliphatic carbocycles. The van der Waals surface area contributed by atoms with Gasteiger partial charge in [-0.15, -0.1) is 0 Å². The summed E-state index contributed by atoms with van der Waals surface area (Å²) in [5.41, 5.74) is 0.851. The van der Waals surface area contributed by atoms with Crippen molar-refractivity contribution in [2.24, 2.45) is 0 Å². The average molecular weight is 383 g/mol. The molecule has 1 aromatic carbocycles. The normalized spacial score (nSPS) is 18.3. The number of rotatable bonds is 5. The van der Waals surface area contributed by atoms with Crippen molar-refractivity contribution in [3.63, 3.8) is 0 Å². The van der Waals surface area contributed by atoms with Crippen LogP contribution < -0.4 is 9.47 Å². The van der Waals surface area contributed by atoms with Gasteiger partial charge in [0.25, 0.3) is 0 Å². The van der Waals surface area contributed by atoms with E-state index in [1.807, 2.05) is 19.1 Å². The summed E-state index contributed by atoms with van der Waals surface area (Å²) in [7, 11) is -2.28. The predicted octanol–water partition coefficient (Wildman–Crippen LogP) is 2.89. The Kier molecular flexibility index (Phi) is 5.17. The zero-order valence-electron chi connectivity index (χ0n) is 14.0. The minimum absolute atomic E-state index is 0.0665. The molecular weight excluding hydrogens is 364 g/mol. The lowest BCUT2D eigenvalue weighted by molar-refractivity contribution is 0.206. The van der Waals surface area contributed by atoms with Crippen molar-refractivity contribution >= 4 is 21.6 Å². The molecule has 3 rings (SSSR count). The number of halogens is 1. The van der Waals surface area contributed by atoms with Crippen LogP contribution in [0.4, 0.5) is 0 Å². The maximum atomic E-state index is 12.9. The van der Waals surface area contributed by atoms with E-state index in [0.29, 0.717) is 23.9 Å². The molecule has 25 heavy (non-hydrogen) atoms. The van der Waals surface area contributed by atoms with E-state index in [1.165, 1.54) is 17.5 Å². The van der Waals surface area contributed by atoms with Crippen molar-refractivity contribution in [3.8, 4) is 11.6 Å². The van der Waals surface area contributed by atoms with Crippen LogP contribution in [-0.4, -0.2) is 44.0 Å². The number of benzene rings is 1. The van der Waals surface area contributed by atoms with E-state index >= 15 is 0 Å². The molecule has 0 N–H and O–H groups in total. The number of sulfonamides is 1. The number of nitrogens with zero attached hydrogens (tertiary/aromatic N) is 2. The Hall–Kier alpha value is -1.83. The van der Waals surface area contributed by atoms with Gasteiger partial charge in [-0.2, -0.15) is 4.31 Å². The molecular formula is C17H19ClN2O4S. The van der Waals surface area contributed by atoms with Gasteiger partial charge in [-0.05, 0) is 37.6 Å². The topological polar surface area (TPSA) is 68.7 Å². The standard InChI is InChI=1S/C17H19ClN2O4S/c1-12-4-3-5-17(19-12)24-14-8-9-20(11-14)25(21,22)16-10-13(18)6-7-15(16)23-2/h3-7,10,14H,8-9,11H2,1-2H3. The van der Waals surface area contributed by atoms with E-state index in [2.05, 4.69) is 4.98 Å². The number of hydrogen-bond acceptors (Lipinski definition) is 5. The molecule has 1 aliphatic rings. The molecule has 8 heteroatoms. The molecule has 0 radical (unpaired) electrons. The summed E-state index contributed by atoms with van der Waals surface area (Å²) in [6, 6.07) is 10.1. The lowest BCUT2D eigenvalue weighted by atomic mass is 10.3. The molecule has 2 heterocycles. The minimum Gasteiger partial charge on any atom is -0.495 e. The van der Waals surface area contributed by atoms with Gasteiger partial charge >= 0.3 is 0 Å². The Morgan fingerprint density at radius 2 is 2.08 bits per heavy atom. The third-order valence-corrected chi connectivity index (χ3v) is 6.12. The molecule has 134 valence electrons. The van der Waals surface area contributed by atoms with Gasteiger partial charge in [-0.25, -0.2) is 13.4 Å². The van der Waals surface area contributed by atoms with E-state index in [-0.39, 0.29) is 23.3 Å². The minimum atomic E-state index is -3.71. The summed E-state index contributed by atoms with van der Waals surface area (Å²) < 4.78 is 38.3. The SMILES string of the molecule is COc1ccc(Cl)cc1S(=O)(=O)N1CCC(Oc2cccc(C)n2)C1. The first kappa shape index (κ1) is 18.0. The fourth-order valence-corrected chi connectivity index (χ4v) is 4.66. The van der Waals surface area contributed by atoms with E-state index in [4.69, 9.17) is 21.1 Å². The first-order valence-corrected chi connectivity index (χ1v) is 9.66. The number of pyridine rings is 1. The Morgan fingerprint density at radius 3 is 2.80 bits per heavy atom. The molecule has 1 saturated heterocycles. The van der Waals surface area contributed by atoms with E-state index < -0.39 is 10.0 Å². The van der Waals surface area contributed by atoms with E-state index in [0.717, 1.165) is 5.69 Å². The second-order valence-electron chi connectivity index (χ2n) is 5.80. The van der Waals surface area contributed by atoms with Crippen LogP contribution in [0.3, 0.4) is 0 Å². The second-order valence-corrected chi connectivity index (χ2v) is 8.15. The summed E-state index contributed by atoms with van der Waals surface area (Å²) >= 11 is 5.97. The fraction of sp³-hybridized carbons (Fsp3) is 0.353. The number of ether oxygens (including phenoxy) is 2. The Labute approximate surface area is 152 Å². The van der Waals surface area contributed by atoms with Gasteiger partial charge in [-0.1, -0.05) is 17.7 Å². The zero-order chi connectivity index (χ0) is 18.0. The van der Waals surface area contributed by atoms with Gasteiger partial charge < -0.3 is 9.47 Å². The zero-order valence-corrected chi connectivity index (χ0v) is 15.5. The van der Waals surface area contributed by atoms with Gasteiger partial charge in [0.15, 0.2) is 0 Å². The third-order valence-electron chi connectivity index (χ3n) is 4.00. The Morgan fingerprint density at radius 1 is 1.28 bits per heavy atom. The van der Waals surface area contributed by atoms with Crippen LogP contribution in [0.5, 0.6) is 11.6 Å². The van der Waals surface area contributed by atoms with Gasteiger partial charge in [0.1, 0.15) is 16.7 Å². The first-order chi connectivity index (χ1) is 11.9. The summed E-state index contributed by atoms with van der Waals surface area (Å²) in [6.45, 7) is 2.51. The Bertz CT molecular complexity index is 873. The summed E-state index contributed by atoms with van der Waals surface area (Å²) in [5, 5.41) is 0.343. The molecule has 1 unspecified atom stereocenters. The molecule has 0 amide bonds. The van der Waals surface area contributed by atoms with E-state index in [9.17, 15) is 8.42 Å². The summed E-state index contributed by atoms with van der Waals surface area (Å²) in [5.74, 6) is 0.777. The van der Waals surface area contributed by atoms with Crippen molar-refractivity contribution in [1.29, 1.82) is 0 Å². The van der Waals surface area contributed by atoms with Crippen LogP contribution in [-0.2, 0) is 10.0 Å². The lowest BCUT2D eigenvalue weighted by Crippen LogP contribution is -2.31. The molecule has 1 fully saturated rings. The highest BCUT2D eigenvalue weighted by Gasteiger charge is 2.35. The third kappa shape index (κ3) is 3.89. The van der Waals surface area contributed by atoms with Gasteiger partial charge in [0.2, 0.25) is 15.9 Å². The molecule has 1 aliphatic heterocycles. The monoisotopic (exact) mass is 382 g/mol. The highest BCUT2D eigenvalue weighted by Crippen LogP contribution is 2.31. The van der Waals surface area contributed by atoms with Gasteiger partial charge in [-0.3, -0.25) is 0 Å². The van der Waals surface area contributed by atoms with Crippen LogP contribution in [0.1, 0.15) is 12.1 Å². The highest BCUT2D eigenvalue weighted by atomic mass is 35.5. The maximum Gasteiger partial charge on any atom is 0.246 e. The van der Waals surface area contributed by atoms with Crippen molar-refractivity contribution in [2.45, 2.75) is 24.3 Å². The smallest absolute Gasteiger partial charge is 0.246 e. The van der Waals surface area contributed by atoms with Crippen LogP contribution >= 0.6 is 11.6 Å². The van der Waals surface area contributed by atoms with Crippen molar-refractivity contribution in [1.82, 2.24) is 9.29 Å². The van der Waals surface area contributed by atoms with Crippen molar-refractivity contribution in [3.05, 3.63) is 47.1 Å². The van der Waals surface area contributed by atoms with Crippen LogP contribution in [0, 0.1) is 6.92 Å². The maximum absolute atomic E-state index is 12.9. The molecule has 0 saturated carbocycles. The van der Waals surface area contributed by atoms with Crippen LogP contribution in [0.15, 0.2) is 41.3 Å². The number of aromatic nitrogens is 1. The molecule has 1 atom stereocenters. The average Bonchev–Trinajstić information content (AvgIpc) is 3.04. The quantitative estimate of drug-likeness (QED) is 0.795. The second kappa shape index (κ2) is 7.19. The largest absolute Gasteiger partial charge is 0.495 e. The van der Waals surface area contributed by atoms with Gasteiger partial charge in [0, 0.05) is 23.3 Å². The summed E-state index contributed by atoms with van der Waals surface area (Å²) in [6.07, 6.45) is 0.354. The molecule has 0 bridgehead atoms. The van der Waals surface area contributed by atoms with E-state index in [1.54, 1.807) is 18.2 Å². The predicted molar refractivity (Wildman–Crippen MR) is 94.8 cm³/mol. The molecule has 1 aromatic heterocycles. The number of aryl methyl sites for hydroxylation is 1. The first-order valence-electron chi connectivity index (χ1n) is 7.84. The highest BCUT2D eigenvalue weighted by molar-refractivity contribution is 7.89. The van der Waals surface area contributed by atoms with Crippen LogP contribution in [0.2, 0.25) is 5.02 Å². The Balaban J connectivity index is 1.78. The molecule has 6 nitrogen and oxygen atoms in total. The van der Waals surface area contributed by atoms with Crippen LogP contribution in [0.25, 0.3) is 0 Å². The lowest BCUT2D eigenvalue weighted by Gasteiger charge is -2.19. The summed E-state index contributed by atoms with van der Waals surface area (Å²) in [4.78, 5) is 4.36. The molecule has 2 aromatic rings. The van der Waals surface area contributed by atoms with Crippen molar-refractivity contribution < 1.29 is 17.9 Å². The van der Waals surface area contributed by atoms with Gasteiger partial charge in [0.05, 0.1) is 13.7 Å². The fourth-order valence-electron chi connectivity index (χ4n) is 2.76.